The van der Waals surface area contributed by atoms with Gasteiger partial charge in [-0.1, -0.05) is 84.2 Å². The molecule has 11 heteroatoms. The number of benzene rings is 4. The Morgan fingerprint density at radius 2 is 1.48 bits per heavy atom. The SMILES string of the molecule is CC[C@H](C)NC(=O)[C@H](Cc1ccccc1)N(Cc1c(Cl)cccc1Cl)C(=O)CN(c1ccc(C)cc1)S(=O)(=O)c1ccc(F)cc1. The van der Waals surface area contributed by atoms with Crippen molar-refractivity contribution in [1.29, 1.82) is 0 Å². The summed E-state index contributed by atoms with van der Waals surface area (Å²) in [5, 5.41) is 3.57. The first-order valence-electron chi connectivity index (χ1n) is 14.8. The van der Waals surface area contributed by atoms with Crippen molar-refractivity contribution in [2.24, 2.45) is 0 Å². The Labute approximate surface area is 280 Å². The summed E-state index contributed by atoms with van der Waals surface area (Å²) in [6.07, 6.45) is 0.803. The maximum atomic E-state index is 14.5. The van der Waals surface area contributed by atoms with Gasteiger partial charge in [-0.2, -0.15) is 0 Å². The molecule has 0 aliphatic heterocycles. The lowest BCUT2D eigenvalue weighted by atomic mass is 10.0. The van der Waals surface area contributed by atoms with Gasteiger partial charge in [0.2, 0.25) is 11.8 Å². The molecular formula is C35H36Cl2FN3O4S. The number of amides is 2. The van der Waals surface area contributed by atoms with Crippen molar-refractivity contribution >= 4 is 50.7 Å². The van der Waals surface area contributed by atoms with Gasteiger partial charge in [-0.05, 0) is 74.4 Å². The maximum absolute atomic E-state index is 14.5. The van der Waals surface area contributed by atoms with Crippen molar-refractivity contribution in [2.75, 3.05) is 10.8 Å². The molecule has 0 fully saturated rings. The number of hydrogen-bond acceptors (Lipinski definition) is 4. The molecule has 46 heavy (non-hydrogen) atoms. The third-order valence-electron chi connectivity index (χ3n) is 7.66. The molecule has 0 radical (unpaired) electrons. The van der Waals surface area contributed by atoms with Crippen LogP contribution in [0.3, 0.4) is 0 Å². The number of hydrogen-bond donors (Lipinski definition) is 1. The Kier molecular flexibility index (Phi) is 11.8. The minimum atomic E-state index is -4.36. The van der Waals surface area contributed by atoms with Gasteiger partial charge in [0.1, 0.15) is 18.4 Å². The third kappa shape index (κ3) is 8.66. The quantitative estimate of drug-likeness (QED) is 0.162. The summed E-state index contributed by atoms with van der Waals surface area (Å²) >= 11 is 13.1. The van der Waals surface area contributed by atoms with Crippen LogP contribution in [-0.4, -0.2) is 43.8 Å². The van der Waals surface area contributed by atoms with Gasteiger partial charge in [-0.15, -0.1) is 0 Å². The molecule has 2 atom stereocenters. The zero-order chi connectivity index (χ0) is 33.4. The van der Waals surface area contributed by atoms with Gasteiger partial charge < -0.3 is 10.2 Å². The van der Waals surface area contributed by atoms with Crippen LogP contribution in [0.2, 0.25) is 10.0 Å². The minimum Gasteiger partial charge on any atom is -0.352 e. The van der Waals surface area contributed by atoms with Crippen LogP contribution in [-0.2, 0) is 32.6 Å². The number of halogens is 3. The van der Waals surface area contributed by atoms with Crippen LogP contribution in [0, 0.1) is 12.7 Å². The Balaban J connectivity index is 1.84. The van der Waals surface area contributed by atoms with E-state index >= 15 is 0 Å². The predicted molar refractivity (Wildman–Crippen MR) is 181 cm³/mol. The van der Waals surface area contributed by atoms with Gasteiger partial charge in [0.25, 0.3) is 10.0 Å². The second-order valence-corrected chi connectivity index (χ2v) is 13.7. The second-order valence-electron chi connectivity index (χ2n) is 11.0. The van der Waals surface area contributed by atoms with Crippen molar-refractivity contribution in [1.82, 2.24) is 10.2 Å². The van der Waals surface area contributed by atoms with E-state index in [0.717, 1.165) is 39.7 Å². The number of sulfonamides is 1. The highest BCUT2D eigenvalue weighted by Gasteiger charge is 2.35. The second kappa shape index (κ2) is 15.6. The van der Waals surface area contributed by atoms with Crippen LogP contribution in [0.15, 0.2) is 102 Å². The molecule has 0 heterocycles. The van der Waals surface area contributed by atoms with Gasteiger partial charge in [0.05, 0.1) is 10.6 Å². The summed E-state index contributed by atoms with van der Waals surface area (Å²) in [4.78, 5) is 29.6. The smallest absolute Gasteiger partial charge is 0.264 e. The van der Waals surface area contributed by atoms with E-state index in [1.807, 2.05) is 51.1 Å². The number of nitrogens with zero attached hydrogens (tertiary/aromatic N) is 2. The fourth-order valence-corrected chi connectivity index (χ4v) is 6.75. The fraction of sp³-hybridized carbons (Fsp3) is 0.257. The fourth-order valence-electron chi connectivity index (χ4n) is 4.82. The third-order valence-corrected chi connectivity index (χ3v) is 10.2. The first-order valence-corrected chi connectivity index (χ1v) is 17.0. The van der Waals surface area contributed by atoms with E-state index < -0.39 is 40.2 Å². The zero-order valence-corrected chi connectivity index (χ0v) is 28.1. The number of carbonyl (C=O) groups is 2. The Morgan fingerprint density at radius 3 is 2.07 bits per heavy atom. The molecule has 2 amide bonds. The summed E-state index contributed by atoms with van der Waals surface area (Å²) < 4.78 is 42.8. The monoisotopic (exact) mass is 683 g/mol. The normalized spacial score (nSPS) is 12.7. The van der Waals surface area contributed by atoms with Crippen molar-refractivity contribution < 1.29 is 22.4 Å². The van der Waals surface area contributed by atoms with Crippen molar-refractivity contribution in [3.05, 3.63) is 130 Å². The van der Waals surface area contributed by atoms with E-state index in [2.05, 4.69) is 5.32 Å². The molecule has 0 bridgehead atoms. The molecule has 4 aromatic carbocycles. The molecule has 1 N–H and O–H groups in total. The van der Waals surface area contributed by atoms with Crippen LogP contribution in [0.25, 0.3) is 0 Å². The summed E-state index contributed by atoms with van der Waals surface area (Å²) in [5.74, 6) is -1.67. The Hall–Kier alpha value is -3.92. The molecule has 0 unspecified atom stereocenters. The van der Waals surface area contributed by atoms with Gasteiger partial charge >= 0.3 is 0 Å². The highest BCUT2D eigenvalue weighted by atomic mass is 35.5. The van der Waals surface area contributed by atoms with Crippen molar-refractivity contribution in [3.8, 4) is 0 Å². The van der Waals surface area contributed by atoms with Crippen LogP contribution in [0.1, 0.15) is 37.0 Å². The molecule has 242 valence electrons. The lowest BCUT2D eigenvalue weighted by Crippen LogP contribution is -2.54. The van der Waals surface area contributed by atoms with E-state index in [4.69, 9.17) is 23.2 Å². The molecule has 0 saturated carbocycles. The molecule has 0 spiro atoms. The van der Waals surface area contributed by atoms with E-state index in [-0.39, 0.29) is 29.6 Å². The largest absolute Gasteiger partial charge is 0.352 e. The van der Waals surface area contributed by atoms with E-state index in [9.17, 15) is 22.4 Å². The van der Waals surface area contributed by atoms with Crippen molar-refractivity contribution in [3.63, 3.8) is 0 Å². The highest BCUT2D eigenvalue weighted by molar-refractivity contribution is 7.92. The minimum absolute atomic E-state index is 0.145. The summed E-state index contributed by atoms with van der Waals surface area (Å²) in [6, 6.07) is 24.0. The van der Waals surface area contributed by atoms with E-state index in [1.165, 1.54) is 4.90 Å². The van der Waals surface area contributed by atoms with Crippen LogP contribution >= 0.6 is 23.2 Å². The first kappa shape index (κ1) is 34.9. The number of carbonyl (C=O) groups excluding carboxylic acids is 2. The molecule has 0 aliphatic carbocycles. The Morgan fingerprint density at radius 1 is 0.870 bits per heavy atom. The standard InChI is InChI=1S/C35H36Cl2FN3O4S/c1-4-25(3)39-35(43)33(21-26-9-6-5-7-10-26)40(22-30-31(36)11-8-12-32(30)37)34(42)23-41(28-17-13-24(2)14-18-28)46(44,45)29-19-15-27(38)16-20-29/h5-20,25,33H,4,21-23H2,1-3H3,(H,39,43)/t25-,33-/m0/s1. The van der Waals surface area contributed by atoms with Gasteiger partial charge in [-0.3, -0.25) is 13.9 Å². The van der Waals surface area contributed by atoms with Crippen molar-refractivity contribution in [2.45, 2.75) is 57.1 Å². The highest BCUT2D eigenvalue weighted by Crippen LogP contribution is 2.29. The summed E-state index contributed by atoms with van der Waals surface area (Å²) in [7, 11) is -4.36. The maximum Gasteiger partial charge on any atom is 0.264 e. The van der Waals surface area contributed by atoms with Gasteiger partial charge in [0.15, 0.2) is 0 Å². The molecule has 7 nitrogen and oxygen atoms in total. The summed E-state index contributed by atoms with van der Waals surface area (Å²) in [5.41, 5.74) is 2.32. The van der Waals surface area contributed by atoms with Crippen LogP contribution in [0.5, 0.6) is 0 Å². The van der Waals surface area contributed by atoms with E-state index in [0.29, 0.717) is 22.0 Å². The van der Waals surface area contributed by atoms with Gasteiger partial charge in [0, 0.05) is 34.6 Å². The average molecular weight is 685 g/mol. The number of rotatable bonds is 13. The Bertz CT molecular complexity index is 1740. The summed E-state index contributed by atoms with van der Waals surface area (Å²) in [6.45, 7) is 4.83. The molecule has 4 rings (SSSR count). The zero-order valence-electron chi connectivity index (χ0n) is 25.8. The lowest BCUT2D eigenvalue weighted by molar-refractivity contribution is -0.140. The molecule has 0 aromatic heterocycles. The first-order chi connectivity index (χ1) is 21.9. The molecule has 0 aliphatic rings. The van der Waals surface area contributed by atoms with E-state index in [1.54, 1.807) is 42.5 Å². The van der Waals surface area contributed by atoms with Crippen LogP contribution < -0.4 is 9.62 Å². The van der Waals surface area contributed by atoms with Gasteiger partial charge in [-0.25, -0.2) is 12.8 Å². The molecule has 4 aromatic rings. The molecule has 0 saturated heterocycles. The number of nitrogens with one attached hydrogen (secondary N) is 1. The molecular weight excluding hydrogens is 648 g/mol. The lowest BCUT2D eigenvalue weighted by Gasteiger charge is -2.34. The van der Waals surface area contributed by atoms with Crippen LogP contribution in [0.4, 0.5) is 10.1 Å². The average Bonchev–Trinajstić information content (AvgIpc) is 3.03. The number of anilines is 1. The topological polar surface area (TPSA) is 86.8 Å². The number of aryl methyl sites for hydroxylation is 1. The predicted octanol–water partition coefficient (Wildman–Crippen LogP) is 7.19.